The highest BCUT2D eigenvalue weighted by atomic mass is 16.6. The van der Waals surface area contributed by atoms with Crippen molar-refractivity contribution in [1.29, 1.82) is 0 Å². The lowest BCUT2D eigenvalue weighted by atomic mass is 10.0. The van der Waals surface area contributed by atoms with Crippen molar-refractivity contribution in [2.75, 3.05) is 13.2 Å². The maximum absolute atomic E-state index is 12.3. The summed E-state index contributed by atoms with van der Waals surface area (Å²) in [7, 11) is 0. The molecule has 0 saturated heterocycles. The topological polar surface area (TPSA) is 72.8 Å². The summed E-state index contributed by atoms with van der Waals surface area (Å²) in [5.41, 5.74) is 0. The lowest BCUT2D eigenvalue weighted by molar-refractivity contribution is -0.161. The molecule has 5 nitrogen and oxygen atoms in total. The largest absolute Gasteiger partial charge is 0.462 e. The Hall–Kier alpha value is -3.70. The van der Waals surface area contributed by atoms with Crippen molar-refractivity contribution < 1.29 is 24.2 Å². The molecule has 1 N–H and O–H groups in total. The van der Waals surface area contributed by atoms with Gasteiger partial charge in [0, 0.05) is 12.8 Å². The van der Waals surface area contributed by atoms with Gasteiger partial charge in [0.05, 0.1) is 6.61 Å². The van der Waals surface area contributed by atoms with Gasteiger partial charge in [-0.2, -0.15) is 0 Å². The molecule has 0 aliphatic carbocycles. The highest BCUT2D eigenvalue weighted by Gasteiger charge is 2.16. The van der Waals surface area contributed by atoms with Gasteiger partial charge >= 0.3 is 11.9 Å². The van der Waals surface area contributed by atoms with Gasteiger partial charge in [-0.05, 0) is 103 Å². The van der Waals surface area contributed by atoms with E-state index in [1.807, 2.05) is 0 Å². The molecule has 0 amide bonds. The fourth-order valence-corrected chi connectivity index (χ4v) is 7.61. The van der Waals surface area contributed by atoms with Gasteiger partial charge in [-0.25, -0.2) is 0 Å². The summed E-state index contributed by atoms with van der Waals surface area (Å²) >= 11 is 0. The number of unbranched alkanes of at least 4 members (excludes halogenated alkanes) is 22. The molecule has 0 bridgehead atoms. The lowest BCUT2D eigenvalue weighted by Crippen LogP contribution is -2.28. The normalized spacial score (nSPS) is 13.2. The van der Waals surface area contributed by atoms with Crippen LogP contribution < -0.4 is 0 Å². The van der Waals surface area contributed by atoms with Gasteiger partial charge in [0.15, 0.2) is 6.10 Å². The molecule has 386 valence electrons. The van der Waals surface area contributed by atoms with E-state index in [4.69, 9.17) is 9.47 Å². The molecule has 0 aliphatic heterocycles. The number of carbonyl (C=O) groups excluding carboxylic acids is 2. The summed E-state index contributed by atoms with van der Waals surface area (Å²) in [6.45, 7) is 3.90. The first-order chi connectivity index (χ1) is 33.6. The van der Waals surface area contributed by atoms with Crippen LogP contribution in [0.2, 0.25) is 0 Å². The fraction of sp³-hybridized carbons (Fsp3) is 0.651. The molecule has 0 radical (unpaired) electrons. The number of hydrogen-bond acceptors (Lipinski definition) is 5. The van der Waals surface area contributed by atoms with Crippen LogP contribution in [0.3, 0.4) is 0 Å². The second-order valence-corrected chi connectivity index (χ2v) is 18.2. The summed E-state index contributed by atoms with van der Waals surface area (Å²) in [5, 5.41) is 9.65. The summed E-state index contributed by atoms with van der Waals surface area (Å²) < 4.78 is 10.7. The monoisotopic (exact) mass is 941 g/mol. The van der Waals surface area contributed by atoms with Crippen LogP contribution in [0.4, 0.5) is 0 Å². The zero-order chi connectivity index (χ0) is 49.2. The first-order valence-corrected chi connectivity index (χ1v) is 28.1. The zero-order valence-electron chi connectivity index (χ0n) is 44.1. The Balaban J connectivity index is 3.52. The third-order valence-corrected chi connectivity index (χ3v) is 11.8. The third kappa shape index (κ3) is 54.9. The average Bonchev–Trinajstić information content (AvgIpc) is 3.34. The molecule has 0 fully saturated rings. The van der Waals surface area contributed by atoms with Crippen molar-refractivity contribution in [3.8, 4) is 0 Å². The SMILES string of the molecule is CC/C=C\C/C=C\C/C=C\C/C=C\C/C=C\CCCCCCCCCCCCCCCCCCCC(=O)OC(CO)COC(=O)CCCCCCC/C=C\C/C=C\C/C=C\C/C=C\C/C=C\CC. The van der Waals surface area contributed by atoms with Crippen LogP contribution in [0.25, 0.3) is 0 Å². The van der Waals surface area contributed by atoms with Gasteiger partial charge in [0.2, 0.25) is 0 Å². The highest BCUT2D eigenvalue weighted by Crippen LogP contribution is 2.16. The van der Waals surface area contributed by atoms with Gasteiger partial charge < -0.3 is 14.6 Å². The second-order valence-electron chi connectivity index (χ2n) is 18.2. The molecule has 0 rings (SSSR count). The van der Waals surface area contributed by atoms with Crippen LogP contribution >= 0.6 is 0 Å². The average molecular weight is 942 g/mol. The molecule has 68 heavy (non-hydrogen) atoms. The summed E-state index contributed by atoms with van der Waals surface area (Å²) in [6, 6.07) is 0. The van der Waals surface area contributed by atoms with E-state index >= 15 is 0 Å². The summed E-state index contributed by atoms with van der Waals surface area (Å²) in [5.74, 6) is -0.614. The molecule has 0 aromatic carbocycles. The Morgan fingerprint density at radius 1 is 0.338 bits per heavy atom. The third-order valence-electron chi connectivity index (χ3n) is 11.8. The van der Waals surface area contributed by atoms with E-state index in [0.717, 1.165) is 122 Å². The molecule has 1 unspecified atom stereocenters. The minimum atomic E-state index is -0.788. The highest BCUT2D eigenvalue weighted by molar-refractivity contribution is 5.70. The number of allylic oxidation sites excluding steroid dienone is 20. The number of hydrogen-bond donors (Lipinski definition) is 1. The van der Waals surface area contributed by atoms with Crippen LogP contribution in [0, 0.1) is 0 Å². The van der Waals surface area contributed by atoms with E-state index in [-0.39, 0.29) is 25.2 Å². The summed E-state index contributed by atoms with van der Waals surface area (Å²) in [6.07, 6.45) is 84.5. The molecule has 0 aromatic heterocycles. The van der Waals surface area contributed by atoms with Gasteiger partial charge in [-0.1, -0.05) is 251 Å². The predicted molar refractivity (Wildman–Crippen MR) is 297 cm³/mol. The minimum absolute atomic E-state index is 0.0811. The number of esters is 2. The maximum atomic E-state index is 12.3. The number of rotatable bonds is 50. The van der Waals surface area contributed by atoms with E-state index in [9.17, 15) is 14.7 Å². The predicted octanol–water partition coefficient (Wildman–Crippen LogP) is 19.1. The summed E-state index contributed by atoms with van der Waals surface area (Å²) in [4.78, 5) is 24.5. The number of aliphatic hydroxyl groups is 1. The van der Waals surface area contributed by atoms with Crippen LogP contribution in [0.15, 0.2) is 122 Å². The van der Waals surface area contributed by atoms with Crippen LogP contribution in [-0.4, -0.2) is 36.4 Å². The quantitative estimate of drug-likeness (QED) is 0.0374. The van der Waals surface area contributed by atoms with E-state index in [1.165, 1.54) is 96.3 Å². The fourth-order valence-electron chi connectivity index (χ4n) is 7.61. The Morgan fingerprint density at radius 3 is 0.882 bits per heavy atom. The Morgan fingerprint density at radius 2 is 0.588 bits per heavy atom. The van der Waals surface area contributed by atoms with E-state index in [1.54, 1.807) is 0 Å². The molecule has 0 spiro atoms. The van der Waals surface area contributed by atoms with E-state index < -0.39 is 6.10 Å². The molecule has 5 heteroatoms. The van der Waals surface area contributed by atoms with E-state index in [0.29, 0.717) is 12.8 Å². The van der Waals surface area contributed by atoms with Crippen molar-refractivity contribution >= 4 is 11.9 Å². The Kier molecular flexibility index (Phi) is 54.5. The second kappa shape index (κ2) is 57.6. The van der Waals surface area contributed by atoms with Crippen LogP contribution in [0.1, 0.15) is 245 Å². The van der Waals surface area contributed by atoms with Crippen molar-refractivity contribution in [1.82, 2.24) is 0 Å². The molecule has 0 heterocycles. The van der Waals surface area contributed by atoms with Crippen LogP contribution in [0.5, 0.6) is 0 Å². The molecule has 0 aliphatic rings. The number of ether oxygens (including phenoxy) is 2. The van der Waals surface area contributed by atoms with Crippen molar-refractivity contribution in [2.45, 2.75) is 251 Å². The molecule has 0 saturated carbocycles. The van der Waals surface area contributed by atoms with Crippen LogP contribution in [-0.2, 0) is 19.1 Å². The van der Waals surface area contributed by atoms with Gasteiger partial charge in [0.1, 0.15) is 6.61 Å². The van der Waals surface area contributed by atoms with Crippen molar-refractivity contribution in [3.63, 3.8) is 0 Å². The van der Waals surface area contributed by atoms with E-state index in [2.05, 4.69) is 135 Å². The molecule has 1 atom stereocenters. The standard InChI is InChI=1S/C63H104O5/c1-3-5-7-9-11-13-15-17-19-21-23-25-26-27-28-29-30-31-32-33-34-35-36-38-40-42-44-46-48-50-52-54-56-58-63(66)68-61(59-64)60-67-62(65)57-55-53-51-49-47-45-43-41-39-37-24-22-20-18-16-14-12-10-8-6-4-2/h5-8,11-14,17-20,23-25,27-28,37,41,43,61,64H,3-4,9-10,15-16,21-22,26,29-36,38-40,42,44-60H2,1-2H3/b7-5-,8-6-,13-11-,14-12-,19-17-,20-18-,25-23-,28-27-,37-24-,43-41-. The zero-order valence-corrected chi connectivity index (χ0v) is 44.1. The van der Waals surface area contributed by atoms with Gasteiger partial charge in [-0.3, -0.25) is 9.59 Å². The Labute approximate surface area is 420 Å². The van der Waals surface area contributed by atoms with Gasteiger partial charge in [0.25, 0.3) is 0 Å². The number of aliphatic hydroxyl groups excluding tert-OH is 1. The molecular formula is C63H104O5. The Bertz CT molecular complexity index is 1390. The smallest absolute Gasteiger partial charge is 0.306 e. The first-order valence-electron chi connectivity index (χ1n) is 28.1. The molecular weight excluding hydrogens is 837 g/mol. The van der Waals surface area contributed by atoms with Crippen molar-refractivity contribution in [2.24, 2.45) is 0 Å². The maximum Gasteiger partial charge on any atom is 0.306 e. The number of carbonyl (C=O) groups is 2. The lowest BCUT2D eigenvalue weighted by Gasteiger charge is -2.15. The molecule has 0 aromatic rings. The first kappa shape index (κ1) is 64.3. The van der Waals surface area contributed by atoms with Crippen molar-refractivity contribution in [3.05, 3.63) is 122 Å². The minimum Gasteiger partial charge on any atom is -0.462 e. The van der Waals surface area contributed by atoms with Gasteiger partial charge in [-0.15, -0.1) is 0 Å².